The van der Waals surface area contributed by atoms with Gasteiger partial charge in [-0.2, -0.15) is 0 Å². The molecule has 3 heteroatoms. The molecule has 0 spiro atoms. The fraction of sp³-hybridized carbons (Fsp3) is 0.0909. The third-order valence-electron chi connectivity index (χ3n) is 2.13. The molecule has 1 aliphatic heterocycles. The van der Waals surface area contributed by atoms with E-state index in [-0.39, 0.29) is 0 Å². The van der Waals surface area contributed by atoms with Gasteiger partial charge in [0.25, 0.3) is 0 Å². The quantitative estimate of drug-likeness (QED) is 0.709. The van der Waals surface area contributed by atoms with E-state index in [4.69, 9.17) is 9.47 Å². The van der Waals surface area contributed by atoms with Crippen molar-refractivity contribution in [2.75, 3.05) is 6.79 Å². The van der Waals surface area contributed by atoms with Crippen LogP contribution in [0, 0.1) is 5.38 Å². The summed E-state index contributed by atoms with van der Waals surface area (Å²) in [5, 5.41) is 3.07. The monoisotopic (exact) mass is 203 g/mol. The van der Waals surface area contributed by atoms with Crippen molar-refractivity contribution in [3.8, 4) is 21.9 Å². The lowest BCUT2D eigenvalue weighted by molar-refractivity contribution is 0.174. The lowest BCUT2D eigenvalue weighted by Gasteiger charge is -1.99. The maximum absolute atomic E-state index is 5.31. The van der Waals surface area contributed by atoms with Crippen molar-refractivity contribution < 1.29 is 9.47 Å². The van der Waals surface area contributed by atoms with E-state index in [1.165, 1.54) is 4.88 Å². The molecule has 1 aromatic carbocycles. The zero-order valence-electron chi connectivity index (χ0n) is 7.32. The molecule has 1 aromatic heterocycles. The molecule has 3 rings (SSSR count). The zero-order valence-corrected chi connectivity index (χ0v) is 8.14. The maximum atomic E-state index is 5.31. The largest absolute Gasteiger partial charge is 0.454 e. The van der Waals surface area contributed by atoms with Crippen LogP contribution in [0.25, 0.3) is 10.4 Å². The summed E-state index contributed by atoms with van der Waals surface area (Å²) in [4.78, 5) is 1.20. The van der Waals surface area contributed by atoms with Gasteiger partial charge >= 0.3 is 0 Å². The lowest BCUT2D eigenvalue weighted by Crippen LogP contribution is -1.92. The van der Waals surface area contributed by atoms with E-state index in [2.05, 4.69) is 5.38 Å². The molecule has 1 aliphatic rings. The molecule has 14 heavy (non-hydrogen) atoms. The fourth-order valence-electron chi connectivity index (χ4n) is 1.45. The minimum Gasteiger partial charge on any atom is -0.454 e. The molecule has 0 unspecified atom stereocenters. The van der Waals surface area contributed by atoms with Gasteiger partial charge in [-0.25, -0.2) is 0 Å². The molecule has 1 radical (unpaired) electrons. The van der Waals surface area contributed by atoms with Crippen LogP contribution in [0.3, 0.4) is 0 Å². The minimum atomic E-state index is 0.329. The molecular weight excluding hydrogens is 196 g/mol. The van der Waals surface area contributed by atoms with Crippen molar-refractivity contribution in [2.45, 2.75) is 0 Å². The predicted molar refractivity (Wildman–Crippen MR) is 54.7 cm³/mol. The van der Waals surface area contributed by atoms with Crippen molar-refractivity contribution in [3.63, 3.8) is 0 Å². The summed E-state index contributed by atoms with van der Waals surface area (Å²) in [6.45, 7) is 0.329. The summed E-state index contributed by atoms with van der Waals surface area (Å²) in [6.07, 6.45) is 0. The molecule has 0 amide bonds. The predicted octanol–water partition coefficient (Wildman–Crippen LogP) is 2.94. The number of thiophene rings is 1. The van der Waals surface area contributed by atoms with Crippen LogP contribution in [0.4, 0.5) is 0 Å². The van der Waals surface area contributed by atoms with Gasteiger partial charge in [0.2, 0.25) is 6.79 Å². The third-order valence-corrected chi connectivity index (χ3v) is 2.97. The molecule has 0 aliphatic carbocycles. The van der Waals surface area contributed by atoms with Crippen LogP contribution in [-0.2, 0) is 0 Å². The first-order valence-electron chi connectivity index (χ1n) is 4.29. The van der Waals surface area contributed by atoms with Gasteiger partial charge < -0.3 is 9.47 Å². The first-order chi connectivity index (χ1) is 6.93. The maximum Gasteiger partial charge on any atom is 0.231 e. The normalized spacial score (nSPS) is 13.1. The summed E-state index contributed by atoms with van der Waals surface area (Å²) in [5.41, 5.74) is 1.15. The Labute approximate surface area is 85.7 Å². The topological polar surface area (TPSA) is 18.5 Å². The zero-order chi connectivity index (χ0) is 9.38. The van der Waals surface area contributed by atoms with E-state index in [1.54, 1.807) is 11.3 Å². The Morgan fingerprint density at radius 3 is 2.93 bits per heavy atom. The highest BCUT2D eigenvalue weighted by Crippen LogP contribution is 2.36. The Hall–Kier alpha value is -1.48. The average Bonchev–Trinajstić information content (AvgIpc) is 2.88. The van der Waals surface area contributed by atoms with Gasteiger partial charge in [0.15, 0.2) is 11.5 Å². The molecule has 2 heterocycles. The van der Waals surface area contributed by atoms with Crippen molar-refractivity contribution in [1.82, 2.24) is 0 Å². The van der Waals surface area contributed by atoms with Crippen molar-refractivity contribution in [1.29, 1.82) is 0 Å². The first kappa shape index (κ1) is 7.88. The molecule has 0 saturated heterocycles. The SMILES string of the molecule is [c]1ccc(-c2ccc3c(c2)OCO3)s1. The molecule has 0 bridgehead atoms. The van der Waals surface area contributed by atoms with E-state index in [0.717, 1.165) is 17.1 Å². The van der Waals surface area contributed by atoms with E-state index in [0.29, 0.717) is 6.79 Å². The van der Waals surface area contributed by atoms with Crippen LogP contribution in [-0.4, -0.2) is 6.79 Å². The number of rotatable bonds is 1. The highest BCUT2D eigenvalue weighted by atomic mass is 32.1. The Morgan fingerprint density at radius 2 is 2.07 bits per heavy atom. The van der Waals surface area contributed by atoms with E-state index in [9.17, 15) is 0 Å². The minimum absolute atomic E-state index is 0.329. The highest BCUT2D eigenvalue weighted by Gasteiger charge is 2.13. The van der Waals surface area contributed by atoms with Crippen LogP contribution < -0.4 is 9.47 Å². The highest BCUT2D eigenvalue weighted by molar-refractivity contribution is 7.13. The molecular formula is C11H7O2S. The number of fused-ring (bicyclic) bond motifs is 1. The van der Waals surface area contributed by atoms with Crippen LogP contribution in [0.1, 0.15) is 0 Å². The van der Waals surface area contributed by atoms with Gasteiger partial charge in [-0.15, -0.1) is 11.3 Å². The van der Waals surface area contributed by atoms with E-state index < -0.39 is 0 Å². The number of hydrogen-bond donors (Lipinski definition) is 0. The number of benzene rings is 1. The van der Waals surface area contributed by atoms with Crippen LogP contribution in [0.2, 0.25) is 0 Å². The van der Waals surface area contributed by atoms with E-state index in [1.807, 2.05) is 30.3 Å². The van der Waals surface area contributed by atoms with Crippen LogP contribution >= 0.6 is 11.3 Å². The molecule has 2 aromatic rings. The second-order valence-corrected chi connectivity index (χ2v) is 3.87. The van der Waals surface area contributed by atoms with Gasteiger partial charge in [0.1, 0.15) is 0 Å². The first-order valence-corrected chi connectivity index (χ1v) is 5.11. The molecule has 69 valence electrons. The van der Waals surface area contributed by atoms with Gasteiger partial charge in [-0.3, -0.25) is 0 Å². The summed E-state index contributed by atoms with van der Waals surface area (Å²) >= 11 is 1.60. The Balaban J connectivity index is 2.09. The summed E-state index contributed by atoms with van der Waals surface area (Å²) < 4.78 is 10.6. The Kier molecular flexibility index (Phi) is 1.70. The molecule has 0 atom stereocenters. The van der Waals surface area contributed by atoms with E-state index >= 15 is 0 Å². The lowest BCUT2D eigenvalue weighted by atomic mass is 10.2. The summed E-state index contributed by atoms with van der Waals surface area (Å²) in [6, 6.07) is 9.94. The molecule has 2 nitrogen and oxygen atoms in total. The Morgan fingerprint density at radius 1 is 1.14 bits per heavy atom. The number of ether oxygens (including phenoxy) is 2. The standard InChI is InChI=1S/C11H7O2S/c1-2-11(14-5-1)8-3-4-9-10(6-8)13-7-12-9/h1-4,6H,7H2. The smallest absolute Gasteiger partial charge is 0.231 e. The summed E-state index contributed by atoms with van der Waals surface area (Å²) in [5.74, 6) is 1.66. The van der Waals surface area contributed by atoms with Gasteiger partial charge in [-0.1, -0.05) is 0 Å². The van der Waals surface area contributed by atoms with Gasteiger partial charge in [-0.05, 0) is 35.9 Å². The van der Waals surface area contributed by atoms with Gasteiger partial charge in [0, 0.05) is 10.3 Å². The molecule has 0 fully saturated rings. The Bertz CT molecular complexity index is 448. The third kappa shape index (κ3) is 1.17. The average molecular weight is 203 g/mol. The van der Waals surface area contributed by atoms with Crippen LogP contribution in [0.15, 0.2) is 30.3 Å². The van der Waals surface area contributed by atoms with Crippen LogP contribution in [0.5, 0.6) is 11.5 Å². The van der Waals surface area contributed by atoms with Crippen molar-refractivity contribution in [2.24, 2.45) is 0 Å². The van der Waals surface area contributed by atoms with Crippen molar-refractivity contribution >= 4 is 11.3 Å². The molecule has 0 saturated carbocycles. The second kappa shape index (κ2) is 3.03. The second-order valence-electron chi connectivity index (χ2n) is 2.99. The van der Waals surface area contributed by atoms with Crippen molar-refractivity contribution in [3.05, 3.63) is 35.7 Å². The number of hydrogen-bond acceptors (Lipinski definition) is 3. The fourth-order valence-corrected chi connectivity index (χ4v) is 2.09. The summed E-state index contributed by atoms with van der Waals surface area (Å²) in [7, 11) is 0. The molecule has 0 N–H and O–H groups in total. The van der Waals surface area contributed by atoms with Gasteiger partial charge in [0.05, 0.1) is 0 Å².